The molecule has 0 atom stereocenters. The molecule has 1 aliphatic rings. The van der Waals surface area contributed by atoms with E-state index in [1.165, 1.54) is 20.3 Å². The van der Waals surface area contributed by atoms with Gasteiger partial charge in [-0.15, -0.1) is 0 Å². The Morgan fingerprint density at radius 3 is 2.12 bits per heavy atom. The minimum absolute atomic E-state index is 0.107. The number of imide groups is 1. The summed E-state index contributed by atoms with van der Waals surface area (Å²) in [6.45, 7) is 1.76. The summed E-state index contributed by atoms with van der Waals surface area (Å²) >= 11 is 0. The number of aryl methyl sites for hydroxylation is 1. The molecule has 0 aromatic heterocycles. The highest BCUT2D eigenvalue weighted by Gasteiger charge is 2.39. The minimum atomic E-state index is -0.541. The van der Waals surface area contributed by atoms with Crippen LogP contribution in [0.5, 0.6) is 11.5 Å². The van der Waals surface area contributed by atoms with Crippen LogP contribution in [0.25, 0.3) is 5.57 Å². The van der Waals surface area contributed by atoms with Gasteiger partial charge in [-0.1, -0.05) is 48.0 Å². The Kier molecular flexibility index (Phi) is 6.13. The molecule has 1 N–H and O–H groups in total. The number of hydrogen-bond acceptors (Lipinski definition) is 5. The first-order valence-corrected chi connectivity index (χ1v) is 10.3. The van der Waals surface area contributed by atoms with Crippen LogP contribution in [0, 0.1) is 12.7 Å². The molecule has 0 unspecified atom stereocenters. The lowest BCUT2D eigenvalue weighted by Gasteiger charge is -2.16. The Bertz CT molecular complexity index is 1230. The van der Waals surface area contributed by atoms with Gasteiger partial charge in [-0.25, -0.2) is 4.39 Å². The molecule has 33 heavy (non-hydrogen) atoms. The zero-order valence-electron chi connectivity index (χ0n) is 18.5. The van der Waals surface area contributed by atoms with Crippen molar-refractivity contribution >= 4 is 23.1 Å². The molecule has 4 rings (SSSR count). The van der Waals surface area contributed by atoms with E-state index in [0.717, 1.165) is 10.5 Å². The highest BCUT2D eigenvalue weighted by molar-refractivity contribution is 6.36. The Labute approximate surface area is 191 Å². The number of carbonyl (C=O) groups is 2. The molecule has 1 heterocycles. The van der Waals surface area contributed by atoms with Crippen LogP contribution in [-0.2, 0) is 16.1 Å². The number of hydrogen-bond donors (Lipinski definition) is 1. The van der Waals surface area contributed by atoms with E-state index in [0.29, 0.717) is 22.7 Å². The molecule has 7 heteroatoms. The maximum atomic E-state index is 14.3. The van der Waals surface area contributed by atoms with Gasteiger partial charge in [0.2, 0.25) is 0 Å². The predicted molar refractivity (Wildman–Crippen MR) is 123 cm³/mol. The van der Waals surface area contributed by atoms with Crippen molar-refractivity contribution in [2.24, 2.45) is 0 Å². The van der Waals surface area contributed by atoms with Crippen molar-refractivity contribution < 1.29 is 23.5 Å². The number of amides is 2. The van der Waals surface area contributed by atoms with Crippen LogP contribution >= 0.6 is 0 Å². The third kappa shape index (κ3) is 4.43. The summed E-state index contributed by atoms with van der Waals surface area (Å²) in [4.78, 5) is 27.8. The fourth-order valence-electron chi connectivity index (χ4n) is 3.64. The molecule has 0 radical (unpaired) electrons. The largest absolute Gasteiger partial charge is 0.497 e. The van der Waals surface area contributed by atoms with Crippen molar-refractivity contribution in [1.82, 2.24) is 4.90 Å². The van der Waals surface area contributed by atoms with Crippen molar-refractivity contribution in [1.29, 1.82) is 0 Å². The summed E-state index contributed by atoms with van der Waals surface area (Å²) in [6.07, 6.45) is 0. The predicted octanol–water partition coefficient (Wildman–Crippen LogP) is 4.54. The molecule has 0 fully saturated rings. The Balaban J connectivity index is 1.77. The molecule has 0 saturated carbocycles. The Morgan fingerprint density at radius 1 is 0.879 bits per heavy atom. The molecule has 2 amide bonds. The number of nitrogens with one attached hydrogen (secondary N) is 1. The van der Waals surface area contributed by atoms with Crippen LogP contribution in [0.4, 0.5) is 10.1 Å². The van der Waals surface area contributed by atoms with Crippen LogP contribution in [0.2, 0.25) is 0 Å². The van der Waals surface area contributed by atoms with Crippen molar-refractivity contribution in [2.75, 3.05) is 19.5 Å². The normalized spacial score (nSPS) is 13.5. The monoisotopic (exact) mass is 446 g/mol. The molecule has 6 nitrogen and oxygen atoms in total. The molecule has 3 aromatic rings. The lowest BCUT2D eigenvalue weighted by molar-refractivity contribution is -0.137. The molecular formula is C26H23FN2O4. The van der Waals surface area contributed by atoms with Gasteiger partial charge in [-0.05, 0) is 18.6 Å². The van der Waals surface area contributed by atoms with Crippen molar-refractivity contribution in [3.63, 3.8) is 0 Å². The first-order valence-electron chi connectivity index (χ1n) is 10.3. The number of carbonyl (C=O) groups excluding carboxylic acids is 2. The second-order valence-electron chi connectivity index (χ2n) is 7.63. The van der Waals surface area contributed by atoms with Gasteiger partial charge in [0.25, 0.3) is 11.8 Å². The van der Waals surface area contributed by atoms with Crippen LogP contribution in [0.1, 0.15) is 16.7 Å². The molecule has 0 spiro atoms. The van der Waals surface area contributed by atoms with Gasteiger partial charge in [0.05, 0.1) is 26.3 Å². The van der Waals surface area contributed by atoms with E-state index >= 15 is 0 Å². The van der Waals surface area contributed by atoms with Crippen LogP contribution in [-0.4, -0.2) is 30.9 Å². The molecule has 168 valence electrons. The number of methoxy groups -OCH3 is 2. The molecule has 0 aliphatic carbocycles. The minimum Gasteiger partial charge on any atom is -0.497 e. The van der Waals surface area contributed by atoms with Crippen molar-refractivity contribution in [3.05, 3.63) is 94.9 Å². The van der Waals surface area contributed by atoms with Crippen LogP contribution < -0.4 is 14.8 Å². The molecular weight excluding hydrogens is 423 g/mol. The first kappa shape index (κ1) is 22.1. The van der Waals surface area contributed by atoms with E-state index in [-0.39, 0.29) is 23.4 Å². The van der Waals surface area contributed by atoms with Gasteiger partial charge in [0, 0.05) is 29.4 Å². The highest BCUT2D eigenvalue weighted by Crippen LogP contribution is 2.34. The van der Waals surface area contributed by atoms with Crippen molar-refractivity contribution in [3.8, 4) is 11.5 Å². The average molecular weight is 446 g/mol. The molecule has 0 saturated heterocycles. The smallest absolute Gasteiger partial charge is 0.278 e. The first-order chi connectivity index (χ1) is 15.9. The van der Waals surface area contributed by atoms with Gasteiger partial charge in [-0.3, -0.25) is 14.5 Å². The van der Waals surface area contributed by atoms with E-state index in [1.54, 1.807) is 48.5 Å². The maximum Gasteiger partial charge on any atom is 0.278 e. The van der Waals surface area contributed by atoms with Gasteiger partial charge in [0.1, 0.15) is 23.0 Å². The van der Waals surface area contributed by atoms with E-state index < -0.39 is 17.6 Å². The number of ether oxygens (including phenoxy) is 2. The second kappa shape index (κ2) is 9.16. The average Bonchev–Trinajstić information content (AvgIpc) is 3.05. The van der Waals surface area contributed by atoms with Gasteiger partial charge in [0.15, 0.2) is 0 Å². The quantitative estimate of drug-likeness (QED) is 0.540. The third-order valence-electron chi connectivity index (χ3n) is 5.42. The lowest BCUT2D eigenvalue weighted by Crippen LogP contribution is -2.32. The van der Waals surface area contributed by atoms with E-state index in [9.17, 15) is 14.0 Å². The summed E-state index contributed by atoms with van der Waals surface area (Å²) in [5, 5.41) is 3.08. The molecule has 0 bridgehead atoms. The van der Waals surface area contributed by atoms with E-state index in [1.807, 2.05) is 19.1 Å². The zero-order chi connectivity index (χ0) is 23.5. The van der Waals surface area contributed by atoms with E-state index in [2.05, 4.69) is 5.32 Å². The fraction of sp³-hybridized carbons (Fsp3) is 0.154. The molecule has 3 aromatic carbocycles. The summed E-state index contributed by atoms with van der Waals surface area (Å²) in [7, 11) is 3.05. The number of halogens is 1. The summed E-state index contributed by atoms with van der Waals surface area (Å²) in [5.74, 6) is -0.470. The van der Waals surface area contributed by atoms with Crippen molar-refractivity contribution in [2.45, 2.75) is 13.5 Å². The Hall–Kier alpha value is -4.13. The van der Waals surface area contributed by atoms with E-state index in [4.69, 9.17) is 9.47 Å². The summed E-state index contributed by atoms with van der Waals surface area (Å²) in [6, 6.07) is 18.5. The highest BCUT2D eigenvalue weighted by atomic mass is 19.1. The Morgan fingerprint density at radius 2 is 1.52 bits per heavy atom. The number of nitrogens with zero attached hydrogens (tertiary/aromatic N) is 1. The molecule has 1 aliphatic heterocycles. The lowest BCUT2D eigenvalue weighted by atomic mass is 10.0. The number of benzene rings is 3. The van der Waals surface area contributed by atoms with Gasteiger partial charge >= 0.3 is 0 Å². The third-order valence-corrected chi connectivity index (χ3v) is 5.42. The topological polar surface area (TPSA) is 67.9 Å². The zero-order valence-corrected chi connectivity index (χ0v) is 18.5. The van der Waals surface area contributed by atoms with Gasteiger partial charge < -0.3 is 14.8 Å². The second-order valence-corrected chi connectivity index (χ2v) is 7.63. The van der Waals surface area contributed by atoms with Crippen LogP contribution in [0.3, 0.4) is 0 Å². The number of rotatable bonds is 7. The van der Waals surface area contributed by atoms with Crippen LogP contribution in [0.15, 0.2) is 72.4 Å². The summed E-state index contributed by atoms with van der Waals surface area (Å²) < 4.78 is 24.9. The maximum absolute atomic E-state index is 14.3. The van der Waals surface area contributed by atoms with Gasteiger partial charge in [-0.2, -0.15) is 0 Å². The fourth-order valence-corrected chi connectivity index (χ4v) is 3.64. The summed E-state index contributed by atoms with van der Waals surface area (Å²) in [5.41, 5.74) is 2.71. The standard InChI is InChI=1S/C26H23FN2O4/c1-16-8-10-17(11-9-16)23-24(28-19-12-20(32-2)14-21(13-19)33-3)26(31)29(25(23)30)15-18-6-4-5-7-22(18)27/h4-14,28H,15H2,1-3H3. The number of anilines is 1. The SMILES string of the molecule is COc1cc(NC2=C(c3ccc(C)cc3)C(=O)N(Cc3ccccc3F)C2=O)cc(OC)c1.